The minimum Gasteiger partial charge on any atom is -0.354 e. The highest BCUT2D eigenvalue weighted by molar-refractivity contribution is 6.11. The molecule has 1 amide bonds. The van der Waals surface area contributed by atoms with E-state index >= 15 is 0 Å². The zero-order chi connectivity index (χ0) is 21.7. The number of para-hydroxylation sites is 1. The molecule has 6 nitrogen and oxygen atoms in total. The molecule has 0 unspecified atom stereocenters. The molecule has 6 heteroatoms. The summed E-state index contributed by atoms with van der Waals surface area (Å²) in [5.41, 5.74) is 5.27. The van der Waals surface area contributed by atoms with Crippen molar-refractivity contribution >= 4 is 44.4 Å². The second-order valence-corrected chi connectivity index (χ2v) is 8.76. The van der Waals surface area contributed by atoms with E-state index in [2.05, 4.69) is 33.2 Å². The number of rotatable bonds is 4. The third kappa shape index (κ3) is 3.33. The fraction of sp³-hybridized carbons (Fsp3) is 0.231. The Morgan fingerprint density at radius 2 is 1.91 bits per heavy atom. The Labute approximate surface area is 185 Å². The summed E-state index contributed by atoms with van der Waals surface area (Å²) in [6.45, 7) is 4.23. The van der Waals surface area contributed by atoms with Crippen LogP contribution < -0.4 is 5.32 Å². The van der Waals surface area contributed by atoms with Gasteiger partial charge in [-0.2, -0.15) is 0 Å². The van der Waals surface area contributed by atoms with Crippen LogP contribution in [0.2, 0.25) is 0 Å². The van der Waals surface area contributed by atoms with Crippen molar-refractivity contribution in [3.63, 3.8) is 0 Å². The average Bonchev–Trinajstić information content (AvgIpc) is 3.49. The van der Waals surface area contributed by atoms with Gasteiger partial charge in [-0.1, -0.05) is 24.3 Å². The second-order valence-electron chi connectivity index (χ2n) is 8.76. The van der Waals surface area contributed by atoms with Crippen molar-refractivity contribution in [2.24, 2.45) is 0 Å². The van der Waals surface area contributed by atoms with E-state index in [1.165, 1.54) is 18.2 Å². The number of carbonyl (C=O) groups is 1. The largest absolute Gasteiger partial charge is 0.354 e. The predicted molar refractivity (Wildman–Crippen MR) is 129 cm³/mol. The molecule has 0 spiro atoms. The first-order chi connectivity index (χ1) is 15.6. The van der Waals surface area contributed by atoms with E-state index < -0.39 is 0 Å². The first-order valence-electron chi connectivity index (χ1n) is 11.2. The smallest absolute Gasteiger partial charge is 0.255 e. The summed E-state index contributed by atoms with van der Waals surface area (Å²) in [5.74, 6) is 0.844. The van der Waals surface area contributed by atoms with Gasteiger partial charge < -0.3 is 15.3 Å². The number of nitrogens with zero attached hydrogens (tertiary/aromatic N) is 2. The normalized spacial score (nSPS) is 17.0. The minimum absolute atomic E-state index is 0.129. The molecule has 0 saturated carbocycles. The second kappa shape index (κ2) is 7.50. The number of aromatic nitrogens is 3. The van der Waals surface area contributed by atoms with E-state index in [1.807, 2.05) is 54.6 Å². The Kier molecular flexibility index (Phi) is 4.47. The molecule has 160 valence electrons. The molecule has 0 radical (unpaired) electrons. The van der Waals surface area contributed by atoms with Gasteiger partial charge in [0.2, 0.25) is 0 Å². The molecule has 5 aromatic rings. The molecule has 1 aliphatic rings. The molecular weight excluding hydrogens is 398 g/mol. The number of fused-ring (bicyclic) bond motifs is 4. The number of benzene rings is 3. The van der Waals surface area contributed by atoms with Crippen molar-refractivity contribution in [2.45, 2.75) is 32.4 Å². The summed E-state index contributed by atoms with van der Waals surface area (Å²) >= 11 is 0. The molecule has 3 heterocycles. The SMILES string of the molecule is C[C@H]1CCCN1Cc1nc2ccc(NC(=O)c3ccc4c(c3)[nH]c3ccccc34)cc2[nH]1. The number of carbonyl (C=O) groups excluding carboxylic acids is 1. The Balaban J connectivity index is 1.23. The zero-order valence-corrected chi connectivity index (χ0v) is 18.0. The summed E-state index contributed by atoms with van der Waals surface area (Å²) in [7, 11) is 0. The third-order valence-electron chi connectivity index (χ3n) is 6.60. The van der Waals surface area contributed by atoms with Crippen molar-refractivity contribution < 1.29 is 4.79 Å². The van der Waals surface area contributed by atoms with Crippen LogP contribution in [0.25, 0.3) is 32.8 Å². The number of H-pyrrole nitrogens is 2. The van der Waals surface area contributed by atoms with Gasteiger partial charge in [0, 0.05) is 39.1 Å². The molecular formula is C26H25N5O. The number of nitrogens with one attached hydrogen (secondary N) is 3. The topological polar surface area (TPSA) is 76.8 Å². The van der Waals surface area contributed by atoms with Crippen LogP contribution >= 0.6 is 0 Å². The summed E-state index contributed by atoms with van der Waals surface area (Å²) in [4.78, 5) is 26.9. The molecule has 1 atom stereocenters. The lowest BCUT2D eigenvalue weighted by molar-refractivity contribution is 0.102. The van der Waals surface area contributed by atoms with Crippen molar-refractivity contribution in [1.82, 2.24) is 19.9 Å². The van der Waals surface area contributed by atoms with E-state index in [1.54, 1.807) is 0 Å². The summed E-state index contributed by atoms with van der Waals surface area (Å²) in [6.07, 6.45) is 2.50. The van der Waals surface area contributed by atoms with E-state index in [9.17, 15) is 4.79 Å². The number of hydrogen-bond donors (Lipinski definition) is 3. The van der Waals surface area contributed by atoms with Crippen LogP contribution in [0.15, 0.2) is 60.7 Å². The van der Waals surface area contributed by atoms with Gasteiger partial charge in [-0.3, -0.25) is 9.69 Å². The number of hydrogen-bond acceptors (Lipinski definition) is 3. The number of imidazole rings is 1. The molecule has 1 fully saturated rings. The number of likely N-dealkylation sites (tertiary alicyclic amines) is 1. The molecule has 3 aromatic carbocycles. The van der Waals surface area contributed by atoms with Crippen LogP contribution in [0.1, 0.15) is 35.9 Å². The van der Waals surface area contributed by atoms with Crippen molar-refractivity contribution in [2.75, 3.05) is 11.9 Å². The van der Waals surface area contributed by atoms with Gasteiger partial charge in [0.15, 0.2) is 0 Å². The lowest BCUT2D eigenvalue weighted by Crippen LogP contribution is -2.26. The summed E-state index contributed by atoms with van der Waals surface area (Å²) in [5, 5.41) is 5.31. The zero-order valence-electron chi connectivity index (χ0n) is 18.0. The van der Waals surface area contributed by atoms with Gasteiger partial charge >= 0.3 is 0 Å². The van der Waals surface area contributed by atoms with Gasteiger partial charge in [-0.15, -0.1) is 0 Å². The molecule has 2 aromatic heterocycles. The fourth-order valence-electron chi connectivity index (χ4n) is 4.83. The van der Waals surface area contributed by atoms with Crippen molar-refractivity contribution in [3.05, 3.63) is 72.1 Å². The van der Waals surface area contributed by atoms with Gasteiger partial charge in [0.05, 0.1) is 17.6 Å². The van der Waals surface area contributed by atoms with Gasteiger partial charge in [0.25, 0.3) is 5.91 Å². The maximum Gasteiger partial charge on any atom is 0.255 e. The highest BCUT2D eigenvalue weighted by Crippen LogP contribution is 2.26. The Hall–Kier alpha value is -3.64. The minimum atomic E-state index is -0.129. The van der Waals surface area contributed by atoms with Gasteiger partial charge in [0.1, 0.15) is 5.82 Å². The first-order valence-corrected chi connectivity index (χ1v) is 11.2. The monoisotopic (exact) mass is 423 g/mol. The van der Waals surface area contributed by atoms with E-state index in [-0.39, 0.29) is 5.91 Å². The molecule has 0 bridgehead atoms. The Bertz CT molecular complexity index is 1460. The van der Waals surface area contributed by atoms with Crippen LogP contribution in [0.3, 0.4) is 0 Å². The third-order valence-corrected chi connectivity index (χ3v) is 6.60. The van der Waals surface area contributed by atoms with Crippen LogP contribution in [-0.2, 0) is 6.54 Å². The van der Waals surface area contributed by atoms with Crippen LogP contribution in [0, 0.1) is 0 Å². The van der Waals surface area contributed by atoms with Crippen LogP contribution in [-0.4, -0.2) is 38.3 Å². The maximum atomic E-state index is 12.9. The van der Waals surface area contributed by atoms with Crippen LogP contribution in [0.4, 0.5) is 5.69 Å². The van der Waals surface area contributed by atoms with E-state index in [0.717, 1.165) is 52.1 Å². The van der Waals surface area contributed by atoms with Gasteiger partial charge in [-0.05, 0) is 62.7 Å². The molecule has 0 aliphatic carbocycles. The number of anilines is 1. The van der Waals surface area contributed by atoms with Crippen LogP contribution in [0.5, 0.6) is 0 Å². The molecule has 6 rings (SSSR count). The molecule has 1 saturated heterocycles. The molecule has 32 heavy (non-hydrogen) atoms. The van der Waals surface area contributed by atoms with Gasteiger partial charge in [-0.25, -0.2) is 4.98 Å². The Morgan fingerprint density at radius 1 is 1.03 bits per heavy atom. The van der Waals surface area contributed by atoms with Crippen molar-refractivity contribution in [1.29, 1.82) is 0 Å². The summed E-state index contributed by atoms with van der Waals surface area (Å²) < 4.78 is 0. The predicted octanol–water partition coefficient (Wildman–Crippen LogP) is 5.43. The highest BCUT2D eigenvalue weighted by atomic mass is 16.1. The lowest BCUT2D eigenvalue weighted by Gasteiger charge is -2.19. The fourth-order valence-corrected chi connectivity index (χ4v) is 4.83. The van der Waals surface area contributed by atoms with Crippen molar-refractivity contribution in [3.8, 4) is 0 Å². The molecule has 3 N–H and O–H groups in total. The summed E-state index contributed by atoms with van der Waals surface area (Å²) in [6, 6.07) is 20.4. The highest BCUT2D eigenvalue weighted by Gasteiger charge is 2.21. The lowest BCUT2D eigenvalue weighted by atomic mass is 10.1. The number of aromatic amines is 2. The maximum absolute atomic E-state index is 12.9. The first kappa shape index (κ1) is 19.1. The number of amides is 1. The standard InChI is InChI=1S/C26H25N5O/c1-16-5-4-12-31(16)15-25-29-22-11-9-18(14-24(22)30-25)27-26(32)17-8-10-20-19-6-2-3-7-21(19)28-23(20)13-17/h2-3,6-11,13-14,16,28H,4-5,12,15H2,1H3,(H,27,32)(H,29,30)/t16-/m0/s1. The quantitative estimate of drug-likeness (QED) is 0.360. The van der Waals surface area contributed by atoms with E-state index in [4.69, 9.17) is 4.98 Å². The van der Waals surface area contributed by atoms with E-state index in [0.29, 0.717) is 11.6 Å². The Morgan fingerprint density at radius 3 is 2.78 bits per heavy atom. The molecule has 1 aliphatic heterocycles. The average molecular weight is 424 g/mol.